The van der Waals surface area contributed by atoms with Crippen molar-refractivity contribution >= 4 is 17.5 Å². The van der Waals surface area contributed by atoms with E-state index in [1.165, 1.54) is 16.7 Å². The Morgan fingerprint density at radius 3 is 2.45 bits per heavy atom. The van der Waals surface area contributed by atoms with Gasteiger partial charge in [0.05, 0.1) is 18.2 Å². The molecule has 3 aromatic rings. The van der Waals surface area contributed by atoms with Gasteiger partial charge in [-0.1, -0.05) is 61.5 Å². The molecule has 1 aliphatic heterocycles. The summed E-state index contributed by atoms with van der Waals surface area (Å²) in [6, 6.07) is 23.9. The molecule has 2 N–H and O–H groups in total. The van der Waals surface area contributed by atoms with Gasteiger partial charge in [0.1, 0.15) is 11.9 Å². The summed E-state index contributed by atoms with van der Waals surface area (Å²) in [5.41, 5.74) is 4.60. The van der Waals surface area contributed by atoms with Crippen molar-refractivity contribution < 1.29 is 19.4 Å². The number of anilines is 1. The third-order valence-electron chi connectivity index (χ3n) is 7.89. The molecule has 1 heterocycles. The Kier molecular flexibility index (Phi) is 8.52. The van der Waals surface area contributed by atoms with Crippen LogP contribution in [-0.2, 0) is 11.3 Å². The van der Waals surface area contributed by atoms with Crippen LogP contribution in [0.15, 0.2) is 72.8 Å². The zero-order valence-corrected chi connectivity index (χ0v) is 23.5. The smallest absolute Gasteiger partial charge is 0.258 e. The Morgan fingerprint density at radius 2 is 1.77 bits per heavy atom. The molecule has 3 aromatic carbocycles. The molecule has 0 spiro atoms. The standard InChI is InChI=1S/C33H39N3O4/c1-22-18-36(23(2)21-37)33(39)29-17-28(34-32(38)27-13-14-27)15-16-30(29)40-31(22)20-35(3)19-24-9-11-26(12-10-24)25-7-5-4-6-8-25/h4-12,15-17,22-23,27,31,37H,13-14,18-21H2,1-3H3,(H,34,38)/t22-,23-,31+/m1/s1. The lowest BCUT2D eigenvalue weighted by molar-refractivity contribution is -0.117. The lowest BCUT2D eigenvalue weighted by Crippen LogP contribution is -2.49. The molecule has 1 fully saturated rings. The zero-order chi connectivity index (χ0) is 28.2. The van der Waals surface area contributed by atoms with Crippen LogP contribution in [-0.4, -0.2) is 65.6 Å². The summed E-state index contributed by atoms with van der Waals surface area (Å²) in [6.07, 6.45) is 1.64. The van der Waals surface area contributed by atoms with E-state index < -0.39 is 0 Å². The number of ether oxygens (including phenoxy) is 1. The molecule has 2 aliphatic rings. The van der Waals surface area contributed by atoms with Crippen molar-refractivity contribution in [2.75, 3.05) is 32.1 Å². The Morgan fingerprint density at radius 1 is 1.07 bits per heavy atom. The number of aliphatic hydroxyl groups excluding tert-OH is 1. The number of rotatable bonds is 9. The van der Waals surface area contributed by atoms with E-state index in [9.17, 15) is 14.7 Å². The van der Waals surface area contributed by atoms with E-state index in [2.05, 4.69) is 60.6 Å². The van der Waals surface area contributed by atoms with Gasteiger partial charge in [0.25, 0.3) is 5.91 Å². The maximum absolute atomic E-state index is 13.6. The number of likely N-dealkylation sites (N-methyl/N-ethyl adjacent to an activating group) is 1. The minimum atomic E-state index is -0.341. The molecule has 210 valence electrons. The van der Waals surface area contributed by atoms with Crippen LogP contribution in [0.3, 0.4) is 0 Å². The molecule has 3 atom stereocenters. The van der Waals surface area contributed by atoms with Crippen molar-refractivity contribution in [1.82, 2.24) is 9.80 Å². The molecular weight excluding hydrogens is 502 g/mol. The Hall–Kier alpha value is -3.68. The van der Waals surface area contributed by atoms with Crippen molar-refractivity contribution in [1.29, 1.82) is 0 Å². The summed E-state index contributed by atoms with van der Waals surface area (Å²) in [7, 11) is 2.08. The first-order chi connectivity index (χ1) is 19.3. The first-order valence-electron chi connectivity index (χ1n) is 14.2. The van der Waals surface area contributed by atoms with Crippen LogP contribution in [0.4, 0.5) is 5.69 Å². The van der Waals surface area contributed by atoms with E-state index in [0.717, 1.165) is 19.4 Å². The summed E-state index contributed by atoms with van der Waals surface area (Å²) in [4.78, 5) is 30.0. The molecule has 0 bridgehead atoms. The average Bonchev–Trinajstić information content (AvgIpc) is 3.82. The summed E-state index contributed by atoms with van der Waals surface area (Å²) < 4.78 is 6.52. The van der Waals surface area contributed by atoms with Crippen molar-refractivity contribution in [2.24, 2.45) is 11.8 Å². The largest absolute Gasteiger partial charge is 0.488 e. The third kappa shape index (κ3) is 6.54. The fourth-order valence-electron chi connectivity index (χ4n) is 5.22. The second-order valence-corrected chi connectivity index (χ2v) is 11.4. The van der Waals surface area contributed by atoms with Gasteiger partial charge in [-0.3, -0.25) is 14.5 Å². The highest BCUT2D eigenvalue weighted by molar-refractivity contribution is 6.00. The molecule has 0 aromatic heterocycles. The molecule has 7 nitrogen and oxygen atoms in total. The summed E-state index contributed by atoms with van der Waals surface area (Å²) in [5.74, 6) is 0.390. The summed E-state index contributed by atoms with van der Waals surface area (Å²) in [5, 5.41) is 12.9. The maximum Gasteiger partial charge on any atom is 0.258 e. The lowest BCUT2D eigenvalue weighted by Gasteiger charge is -2.38. The van der Waals surface area contributed by atoms with Crippen LogP contribution in [0, 0.1) is 11.8 Å². The van der Waals surface area contributed by atoms with Gasteiger partial charge in [-0.2, -0.15) is 0 Å². The average molecular weight is 542 g/mol. The van der Waals surface area contributed by atoms with E-state index in [4.69, 9.17) is 4.74 Å². The van der Waals surface area contributed by atoms with Crippen molar-refractivity contribution in [3.8, 4) is 16.9 Å². The van der Waals surface area contributed by atoms with Crippen LogP contribution in [0.25, 0.3) is 11.1 Å². The number of amides is 2. The van der Waals surface area contributed by atoms with Crippen molar-refractivity contribution in [3.63, 3.8) is 0 Å². The summed E-state index contributed by atoms with van der Waals surface area (Å²) >= 11 is 0. The van der Waals surface area contributed by atoms with E-state index in [-0.39, 0.29) is 42.4 Å². The van der Waals surface area contributed by atoms with E-state index in [0.29, 0.717) is 30.1 Å². The fourth-order valence-corrected chi connectivity index (χ4v) is 5.22. The molecule has 1 saturated carbocycles. The maximum atomic E-state index is 13.6. The quantitative estimate of drug-likeness (QED) is 0.396. The van der Waals surface area contributed by atoms with Gasteiger partial charge in [0.15, 0.2) is 0 Å². The molecule has 40 heavy (non-hydrogen) atoms. The second kappa shape index (κ2) is 12.2. The third-order valence-corrected chi connectivity index (χ3v) is 7.89. The normalized spacial score (nSPS) is 19.8. The van der Waals surface area contributed by atoms with Crippen LogP contribution in [0.1, 0.15) is 42.6 Å². The number of fused-ring (bicyclic) bond motifs is 1. The Bertz CT molecular complexity index is 1320. The van der Waals surface area contributed by atoms with Gasteiger partial charge in [-0.05, 0) is 61.7 Å². The van der Waals surface area contributed by atoms with Gasteiger partial charge < -0.3 is 20.1 Å². The molecule has 0 unspecified atom stereocenters. The predicted molar refractivity (Wildman–Crippen MR) is 157 cm³/mol. The van der Waals surface area contributed by atoms with Crippen LogP contribution < -0.4 is 10.1 Å². The van der Waals surface area contributed by atoms with E-state index in [1.807, 2.05) is 25.1 Å². The van der Waals surface area contributed by atoms with Gasteiger partial charge >= 0.3 is 0 Å². The van der Waals surface area contributed by atoms with Crippen molar-refractivity contribution in [2.45, 2.75) is 45.4 Å². The van der Waals surface area contributed by atoms with Crippen LogP contribution in [0.2, 0.25) is 0 Å². The zero-order valence-electron chi connectivity index (χ0n) is 23.5. The SMILES string of the molecule is C[C@@H]1CN([C@H](C)CO)C(=O)c2cc(NC(=O)C3CC3)ccc2O[C@H]1CN(C)Cc1ccc(-c2ccccc2)cc1. The van der Waals surface area contributed by atoms with Gasteiger partial charge in [-0.25, -0.2) is 0 Å². The predicted octanol–water partition coefficient (Wildman–Crippen LogP) is 5.05. The van der Waals surface area contributed by atoms with Gasteiger partial charge in [0.2, 0.25) is 5.91 Å². The minimum Gasteiger partial charge on any atom is -0.488 e. The topological polar surface area (TPSA) is 82.1 Å². The lowest BCUT2D eigenvalue weighted by atomic mass is 9.99. The highest BCUT2D eigenvalue weighted by Gasteiger charge is 2.34. The second-order valence-electron chi connectivity index (χ2n) is 11.4. The molecule has 5 rings (SSSR count). The molecular formula is C33H39N3O4. The van der Waals surface area contributed by atoms with E-state index >= 15 is 0 Å². The number of carbonyl (C=O) groups is 2. The number of hydrogen-bond donors (Lipinski definition) is 2. The minimum absolute atomic E-state index is 0.00957. The van der Waals surface area contributed by atoms with Crippen LogP contribution >= 0.6 is 0 Å². The Labute approximate surface area is 236 Å². The number of hydrogen-bond acceptors (Lipinski definition) is 5. The van der Waals surface area contributed by atoms with Crippen LogP contribution in [0.5, 0.6) is 5.75 Å². The van der Waals surface area contributed by atoms with E-state index in [1.54, 1.807) is 23.1 Å². The summed E-state index contributed by atoms with van der Waals surface area (Å²) in [6.45, 7) is 5.70. The number of carbonyl (C=O) groups excluding carboxylic acids is 2. The number of nitrogens with zero attached hydrogens (tertiary/aromatic N) is 2. The molecule has 0 radical (unpaired) electrons. The fraction of sp³-hybridized carbons (Fsp3) is 0.394. The Balaban J connectivity index is 1.33. The number of benzene rings is 3. The van der Waals surface area contributed by atoms with Gasteiger partial charge in [-0.15, -0.1) is 0 Å². The molecule has 1 aliphatic carbocycles. The highest BCUT2D eigenvalue weighted by Crippen LogP contribution is 2.33. The highest BCUT2D eigenvalue weighted by atomic mass is 16.5. The molecule has 7 heteroatoms. The first kappa shape index (κ1) is 27.9. The number of aliphatic hydroxyl groups is 1. The number of nitrogens with one attached hydrogen (secondary N) is 1. The first-order valence-corrected chi connectivity index (χ1v) is 14.2. The monoisotopic (exact) mass is 541 g/mol. The molecule has 0 saturated heterocycles. The molecule has 2 amide bonds. The van der Waals surface area contributed by atoms with Crippen molar-refractivity contribution in [3.05, 3.63) is 83.9 Å². The van der Waals surface area contributed by atoms with Gasteiger partial charge in [0, 0.05) is 37.2 Å².